The van der Waals surface area contributed by atoms with Crippen LogP contribution in [0.3, 0.4) is 0 Å². The number of ether oxygens (including phenoxy) is 2. The maximum atomic E-state index is 6.32. The van der Waals surface area contributed by atoms with Crippen molar-refractivity contribution in [3.05, 3.63) is 77.6 Å². The monoisotopic (exact) mass is 399 g/mol. The van der Waals surface area contributed by atoms with Crippen LogP contribution < -0.4 is 9.47 Å². The predicted octanol–water partition coefficient (Wildman–Crippen LogP) is 6.81. The van der Waals surface area contributed by atoms with E-state index in [0.717, 1.165) is 53.1 Å². The smallest absolute Gasteiger partial charge is 0.180 e. The Kier molecular flexibility index (Phi) is 6.48. The van der Waals surface area contributed by atoms with Crippen LogP contribution in [0.25, 0.3) is 23.3 Å². The molecule has 1 fully saturated rings. The molecule has 3 heteroatoms. The van der Waals surface area contributed by atoms with Crippen molar-refractivity contribution < 1.29 is 9.47 Å². The fourth-order valence-electron chi connectivity index (χ4n) is 4.15. The van der Waals surface area contributed by atoms with E-state index in [9.17, 15) is 0 Å². The van der Waals surface area contributed by atoms with Crippen molar-refractivity contribution in [1.29, 1.82) is 0 Å². The van der Waals surface area contributed by atoms with Gasteiger partial charge in [-0.05, 0) is 48.8 Å². The molecular weight excluding hydrogens is 370 g/mol. The Morgan fingerprint density at radius 2 is 1.70 bits per heavy atom. The third-order valence-corrected chi connectivity index (χ3v) is 5.70. The van der Waals surface area contributed by atoms with Crippen LogP contribution in [0.5, 0.6) is 11.5 Å². The molecule has 0 unspecified atom stereocenters. The minimum atomic E-state index is 0.259. The van der Waals surface area contributed by atoms with Crippen molar-refractivity contribution in [2.24, 2.45) is 0 Å². The van der Waals surface area contributed by atoms with Crippen LogP contribution in [-0.2, 0) is 6.42 Å². The van der Waals surface area contributed by atoms with Gasteiger partial charge in [-0.2, -0.15) is 0 Å². The lowest BCUT2D eigenvalue weighted by Crippen LogP contribution is -2.12. The number of pyridine rings is 1. The molecule has 4 rings (SSSR count). The second-order valence-corrected chi connectivity index (χ2v) is 7.69. The lowest BCUT2D eigenvalue weighted by Gasteiger charge is -2.20. The van der Waals surface area contributed by atoms with Crippen molar-refractivity contribution in [3.8, 4) is 22.6 Å². The molecule has 2 aromatic carbocycles. The number of hydrogen-bond acceptors (Lipinski definition) is 3. The minimum Gasteiger partial charge on any atom is -0.492 e. The van der Waals surface area contributed by atoms with Crippen LogP contribution in [0.15, 0.2) is 60.8 Å². The van der Waals surface area contributed by atoms with E-state index < -0.39 is 0 Å². The summed E-state index contributed by atoms with van der Waals surface area (Å²) in [5.74, 6) is 1.53. The second-order valence-electron chi connectivity index (χ2n) is 7.69. The number of aromatic nitrogens is 1. The highest BCUT2D eigenvalue weighted by Gasteiger charge is 2.23. The molecule has 0 N–H and O–H groups in total. The van der Waals surface area contributed by atoms with Crippen molar-refractivity contribution in [2.75, 3.05) is 7.11 Å². The van der Waals surface area contributed by atoms with Gasteiger partial charge >= 0.3 is 0 Å². The third kappa shape index (κ3) is 4.40. The Labute approximate surface area is 179 Å². The highest BCUT2D eigenvalue weighted by Crippen LogP contribution is 2.42. The van der Waals surface area contributed by atoms with Crippen LogP contribution in [0, 0.1) is 0 Å². The Hall–Kier alpha value is -3.07. The van der Waals surface area contributed by atoms with Gasteiger partial charge in [0.25, 0.3) is 0 Å². The van der Waals surface area contributed by atoms with Gasteiger partial charge in [0.05, 0.1) is 25.1 Å². The fourth-order valence-corrected chi connectivity index (χ4v) is 4.15. The lowest BCUT2D eigenvalue weighted by molar-refractivity contribution is 0.200. The normalized spacial score (nSPS) is 14.3. The van der Waals surface area contributed by atoms with Crippen molar-refractivity contribution in [1.82, 2.24) is 4.98 Å². The standard InChI is InChI=1S/C27H29NO2/c1-3-24-26(27(29-2)25(19-28-24)30-22-14-8-9-15-22)23-16-10-7-13-21(23)18-17-20-11-5-4-6-12-20/h4-7,10-13,16-19,22H,3,8-9,14-15H2,1-2H3. The Bertz CT molecular complexity index is 1000. The van der Waals surface area contributed by atoms with Gasteiger partial charge in [-0.3, -0.25) is 4.98 Å². The molecule has 0 aliphatic heterocycles. The SMILES string of the molecule is CCc1ncc(OC2CCCC2)c(OC)c1-c1ccccc1C=Cc1ccccc1. The molecule has 0 bridgehead atoms. The first-order chi connectivity index (χ1) is 14.8. The number of nitrogens with zero attached hydrogens (tertiary/aromatic N) is 1. The zero-order chi connectivity index (χ0) is 20.8. The second kappa shape index (κ2) is 9.62. The molecule has 0 amide bonds. The van der Waals surface area contributed by atoms with Crippen LogP contribution in [-0.4, -0.2) is 18.2 Å². The minimum absolute atomic E-state index is 0.259. The van der Waals surface area contributed by atoms with E-state index in [1.807, 2.05) is 12.3 Å². The molecule has 30 heavy (non-hydrogen) atoms. The Morgan fingerprint density at radius 1 is 0.967 bits per heavy atom. The molecule has 154 valence electrons. The summed E-state index contributed by atoms with van der Waals surface area (Å²) in [5, 5.41) is 0. The molecule has 0 radical (unpaired) electrons. The molecule has 0 atom stereocenters. The fraction of sp³-hybridized carbons (Fsp3) is 0.296. The zero-order valence-electron chi connectivity index (χ0n) is 17.8. The van der Waals surface area contributed by atoms with Gasteiger partial charge in [-0.25, -0.2) is 0 Å². The lowest BCUT2D eigenvalue weighted by atomic mass is 9.95. The van der Waals surface area contributed by atoms with E-state index in [2.05, 4.69) is 67.6 Å². The molecule has 1 heterocycles. The predicted molar refractivity (Wildman–Crippen MR) is 124 cm³/mol. The first-order valence-electron chi connectivity index (χ1n) is 10.8. The number of hydrogen-bond donors (Lipinski definition) is 0. The summed E-state index contributed by atoms with van der Waals surface area (Å²) >= 11 is 0. The molecule has 1 aliphatic rings. The number of aryl methyl sites for hydroxylation is 1. The third-order valence-electron chi connectivity index (χ3n) is 5.70. The summed E-state index contributed by atoms with van der Waals surface area (Å²) in [4.78, 5) is 4.75. The summed E-state index contributed by atoms with van der Waals surface area (Å²) in [6, 6.07) is 18.8. The summed E-state index contributed by atoms with van der Waals surface area (Å²) < 4.78 is 12.2. The number of methoxy groups -OCH3 is 1. The molecule has 3 aromatic rings. The average molecular weight is 400 g/mol. The molecule has 1 saturated carbocycles. The highest BCUT2D eigenvalue weighted by molar-refractivity contribution is 5.85. The zero-order valence-corrected chi connectivity index (χ0v) is 17.8. The number of rotatable bonds is 7. The van der Waals surface area contributed by atoms with Crippen LogP contribution in [0.2, 0.25) is 0 Å². The van der Waals surface area contributed by atoms with Gasteiger partial charge in [0.15, 0.2) is 11.5 Å². The summed E-state index contributed by atoms with van der Waals surface area (Å²) in [5.41, 5.74) is 5.47. The summed E-state index contributed by atoms with van der Waals surface area (Å²) in [6.07, 6.45) is 11.9. The molecule has 0 spiro atoms. The van der Waals surface area contributed by atoms with Gasteiger partial charge < -0.3 is 9.47 Å². The average Bonchev–Trinajstić information content (AvgIpc) is 3.31. The highest BCUT2D eigenvalue weighted by atomic mass is 16.5. The maximum Gasteiger partial charge on any atom is 0.180 e. The van der Waals surface area contributed by atoms with Crippen LogP contribution in [0.4, 0.5) is 0 Å². The van der Waals surface area contributed by atoms with E-state index >= 15 is 0 Å². The van der Waals surface area contributed by atoms with Gasteiger partial charge in [-0.1, -0.05) is 73.7 Å². The van der Waals surface area contributed by atoms with E-state index in [4.69, 9.17) is 14.5 Å². The first-order valence-corrected chi connectivity index (χ1v) is 10.8. The molecule has 0 saturated heterocycles. The van der Waals surface area contributed by atoms with Crippen LogP contribution in [0.1, 0.15) is 49.4 Å². The Balaban J connectivity index is 1.78. The quantitative estimate of drug-likeness (QED) is 0.409. The topological polar surface area (TPSA) is 31.4 Å². The largest absolute Gasteiger partial charge is 0.492 e. The van der Waals surface area contributed by atoms with E-state index in [0.29, 0.717) is 0 Å². The van der Waals surface area contributed by atoms with Crippen LogP contribution >= 0.6 is 0 Å². The van der Waals surface area contributed by atoms with Crippen molar-refractivity contribution in [2.45, 2.75) is 45.1 Å². The van der Waals surface area contributed by atoms with E-state index in [1.165, 1.54) is 18.4 Å². The maximum absolute atomic E-state index is 6.32. The van der Waals surface area contributed by atoms with Crippen molar-refractivity contribution in [3.63, 3.8) is 0 Å². The van der Waals surface area contributed by atoms with E-state index in [1.54, 1.807) is 7.11 Å². The van der Waals surface area contributed by atoms with Crippen molar-refractivity contribution >= 4 is 12.2 Å². The van der Waals surface area contributed by atoms with Gasteiger partial charge in [-0.15, -0.1) is 0 Å². The van der Waals surface area contributed by atoms with E-state index in [-0.39, 0.29) is 6.10 Å². The first kappa shape index (κ1) is 20.2. The summed E-state index contributed by atoms with van der Waals surface area (Å²) in [7, 11) is 1.72. The summed E-state index contributed by atoms with van der Waals surface area (Å²) in [6.45, 7) is 2.13. The molecule has 1 aliphatic carbocycles. The Morgan fingerprint density at radius 3 is 2.43 bits per heavy atom. The van der Waals surface area contributed by atoms with Gasteiger partial charge in [0.1, 0.15) is 0 Å². The van der Waals surface area contributed by atoms with Gasteiger partial charge in [0.2, 0.25) is 0 Å². The van der Waals surface area contributed by atoms with Gasteiger partial charge in [0, 0.05) is 5.56 Å². The number of benzene rings is 2. The molecule has 1 aromatic heterocycles. The molecule has 3 nitrogen and oxygen atoms in total. The molecular formula is C27H29NO2.